The summed E-state index contributed by atoms with van der Waals surface area (Å²) in [6.07, 6.45) is 3.50. The van der Waals surface area contributed by atoms with Crippen LogP contribution in [0.2, 0.25) is 0 Å². The van der Waals surface area contributed by atoms with Gasteiger partial charge in [0, 0.05) is 28.9 Å². The average Bonchev–Trinajstić information content (AvgIpc) is 2.49. The second-order valence-electron chi connectivity index (χ2n) is 4.66. The molecule has 0 bridgehead atoms. The minimum atomic E-state index is -0.522. The van der Waals surface area contributed by atoms with Gasteiger partial charge in [0.1, 0.15) is 0 Å². The highest BCUT2D eigenvalue weighted by atomic mass is 16.1. The van der Waals surface area contributed by atoms with Gasteiger partial charge in [-0.05, 0) is 24.3 Å². The number of pyridine rings is 1. The lowest BCUT2D eigenvalue weighted by Gasteiger charge is -2.14. The number of fused-ring (bicyclic) bond motifs is 1. The summed E-state index contributed by atoms with van der Waals surface area (Å²) < 4.78 is 0. The lowest BCUT2D eigenvalue weighted by Crippen LogP contribution is -2.14. The lowest BCUT2D eigenvalue weighted by molar-refractivity contribution is 0.100. The molecular formula is C16H14N4O. The van der Waals surface area contributed by atoms with E-state index in [9.17, 15) is 4.79 Å². The first kappa shape index (κ1) is 12.9. The zero-order valence-electron chi connectivity index (χ0n) is 11.2. The normalized spacial score (nSPS) is 10.5. The van der Waals surface area contributed by atoms with Gasteiger partial charge in [0.25, 0.3) is 5.91 Å². The van der Waals surface area contributed by atoms with Gasteiger partial charge in [-0.15, -0.1) is 0 Å². The Balaban J connectivity index is 2.13. The maximum Gasteiger partial charge on any atom is 0.250 e. The summed E-state index contributed by atoms with van der Waals surface area (Å²) in [6, 6.07) is 12.8. The summed E-state index contributed by atoms with van der Waals surface area (Å²) in [5.41, 5.74) is 13.6. The molecule has 0 radical (unpaired) electrons. The van der Waals surface area contributed by atoms with Crippen molar-refractivity contribution in [2.75, 3.05) is 11.1 Å². The Bertz CT molecular complexity index is 824. The highest BCUT2D eigenvalue weighted by molar-refractivity contribution is 6.04. The van der Waals surface area contributed by atoms with Gasteiger partial charge in [0.2, 0.25) is 0 Å². The fourth-order valence-electron chi connectivity index (χ4n) is 2.28. The molecule has 0 saturated heterocycles. The first-order valence-corrected chi connectivity index (χ1v) is 6.45. The average molecular weight is 278 g/mol. The highest BCUT2D eigenvalue weighted by Gasteiger charge is 2.12. The number of rotatable bonds is 3. The van der Waals surface area contributed by atoms with E-state index in [-0.39, 0.29) is 0 Å². The van der Waals surface area contributed by atoms with Gasteiger partial charge >= 0.3 is 0 Å². The number of nitrogens with two attached hydrogens (primary N) is 2. The number of para-hydroxylation sites is 1. The molecule has 0 aliphatic rings. The van der Waals surface area contributed by atoms with Crippen LogP contribution in [-0.4, -0.2) is 10.9 Å². The van der Waals surface area contributed by atoms with Crippen molar-refractivity contribution in [1.82, 2.24) is 4.98 Å². The smallest absolute Gasteiger partial charge is 0.250 e. The van der Waals surface area contributed by atoms with Crippen LogP contribution < -0.4 is 16.8 Å². The van der Waals surface area contributed by atoms with Crippen LogP contribution in [0.3, 0.4) is 0 Å². The number of benzene rings is 2. The quantitative estimate of drug-likeness (QED) is 0.642. The topological polar surface area (TPSA) is 94.0 Å². The van der Waals surface area contributed by atoms with Crippen LogP contribution in [0.25, 0.3) is 10.8 Å². The largest absolute Gasteiger partial charge is 0.397 e. The number of hydrogen-bond acceptors (Lipinski definition) is 4. The number of primary amides is 1. The summed E-state index contributed by atoms with van der Waals surface area (Å²) in [4.78, 5) is 15.6. The van der Waals surface area contributed by atoms with E-state index in [0.717, 1.165) is 16.5 Å². The first-order chi connectivity index (χ1) is 10.2. The van der Waals surface area contributed by atoms with Gasteiger partial charge < -0.3 is 16.8 Å². The Labute approximate surface area is 121 Å². The summed E-state index contributed by atoms with van der Waals surface area (Å²) in [5.74, 6) is -0.522. The fourth-order valence-corrected chi connectivity index (χ4v) is 2.28. The second kappa shape index (κ2) is 5.13. The van der Waals surface area contributed by atoms with Crippen molar-refractivity contribution in [3.8, 4) is 0 Å². The Morgan fingerprint density at radius 1 is 1.10 bits per heavy atom. The maximum atomic E-state index is 11.5. The Hall–Kier alpha value is -3.08. The zero-order chi connectivity index (χ0) is 14.8. The van der Waals surface area contributed by atoms with Crippen molar-refractivity contribution in [3.05, 3.63) is 60.4 Å². The minimum Gasteiger partial charge on any atom is -0.397 e. The molecule has 5 N–H and O–H groups in total. The molecule has 0 atom stereocenters. The monoisotopic (exact) mass is 278 g/mol. The van der Waals surface area contributed by atoms with Gasteiger partial charge in [0.05, 0.1) is 16.9 Å². The standard InChI is InChI=1S/C16H14N4O/c17-13-5-2-4-12(16(18)21)15(13)20-14-6-1-3-10-9-19-8-7-11(10)14/h1-9,20H,17H2,(H2,18,21). The van der Waals surface area contributed by atoms with E-state index < -0.39 is 5.91 Å². The fraction of sp³-hybridized carbons (Fsp3) is 0. The number of amides is 1. The van der Waals surface area contributed by atoms with Crippen molar-refractivity contribution in [3.63, 3.8) is 0 Å². The van der Waals surface area contributed by atoms with E-state index in [0.29, 0.717) is 16.9 Å². The molecule has 2 aromatic carbocycles. The van der Waals surface area contributed by atoms with E-state index in [2.05, 4.69) is 10.3 Å². The molecule has 0 saturated carbocycles. The third kappa shape index (κ3) is 2.36. The number of carbonyl (C=O) groups excluding carboxylic acids is 1. The van der Waals surface area contributed by atoms with Gasteiger partial charge in [-0.1, -0.05) is 18.2 Å². The summed E-state index contributed by atoms with van der Waals surface area (Å²) >= 11 is 0. The van der Waals surface area contributed by atoms with Crippen LogP contribution in [0.5, 0.6) is 0 Å². The Morgan fingerprint density at radius 3 is 2.71 bits per heavy atom. The predicted octanol–water partition coefficient (Wildman–Crippen LogP) is 2.66. The molecule has 1 aromatic heterocycles. The first-order valence-electron chi connectivity index (χ1n) is 6.45. The molecule has 1 amide bonds. The van der Waals surface area contributed by atoms with E-state index in [1.54, 1.807) is 30.6 Å². The summed E-state index contributed by atoms with van der Waals surface area (Å²) in [5, 5.41) is 5.20. The van der Waals surface area contributed by atoms with E-state index in [1.165, 1.54) is 0 Å². The minimum absolute atomic E-state index is 0.362. The zero-order valence-corrected chi connectivity index (χ0v) is 11.2. The van der Waals surface area contributed by atoms with Gasteiger partial charge in [-0.3, -0.25) is 9.78 Å². The number of nitrogens with zero attached hydrogens (tertiary/aromatic N) is 1. The second-order valence-corrected chi connectivity index (χ2v) is 4.66. The number of anilines is 3. The highest BCUT2D eigenvalue weighted by Crippen LogP contribution is 2.30. The summed E-state index contributed by atoms with van der Waals surface area (Å²) in [7, 11) is 0. The van der Waals surface area contributed by atoms with Crippen LogP contribution in [0.15, 0.2) is 54.9 Å². The molecule has 5 nitrogen and oxygen atoms in total. The van der Waals surface area contributed by atoms with Crippen LogP contribution in [0.4, 0.5) is 17.1 Å². The van der Waals surface area contributed by atoms with Crippen molar-refractivity contribution in [2.24, 2.45) is 5.73 Å². The van der Waals surface area contributed by atoms with Crippen LogP contribution >= 0.6 is 0 Å². The number of nitrogens with one attached hydrogen (secondary N) is 1. The Kier molecular flexibility index (Phi) is 3.16. The van der Waals surface area contributed by atoms with E-state index in [4.69, 9.17) is 11.5 Å². The molecule has 0 unspecified atom stereocenters. The lowest BCUT2D eigenvalue weighted by atomic mass is 10.1. The van der Waals surface area contributed by atoms with E-state index >= 15 is 0 Å². The van der Waals surface area contributed by atoms with Crippen molar-refractivity contribution < 1.29 is 4.79 Å². The van der Waals surface area contributed by atoms with Crippen LogP contribution in [0.1, 0.15) is 10.4 Å². The molecule has 104 valence electrons. The van der Waals surface area contributed by atoms with Crippen LogP contribution in [-0.2, 0) is 0 Å². The third-order valence-corrected chi connectivity index (χ3v) is 3.30. The molecule has 0 aliphatic carbocycles. The molecule has 5 heteroatoms. The number of aromatic nitrogens is 1. The van der Waals surface area contributed by atoms with Gasteiger partial charge in [-0.2, -0.15) is 0 Å². The molecule has 0 aliphatic heterocycles. The van der Waals surface area contributed by atoms with Crippen molar-refractivity contribution in [1.29, 1.82) is 0 Å². The number of hydrogen-bond donors (Lipinski definition) is 3. The van der Waals surface area contributed by atoms with Crippen LogP contribution in [0, 0.1) is 0 Å². The molecule has 21 heavy (non-hydrogen) atoms. The predicted molar refractivity (Wildman–Crippen MR) is 84.4 cm³/mol. The number of carbonyl (C=O) groups is 1. The van der Waals surface area contributed by atoms with Gasteiger partial charge in [-0.25, -0.2) is 0 Å². The molecular weight excluding hydrogens is 264 g/mol. The maximum absolute atomic E-state index is 11.5. The SMILES string of the molecule is NC(=O)c1cccc(N)c1Nc1cccc2cnccc12. The Morgan fingerprint density at radius 2 is 1.90 bits per heavy atom. The molecule has 3 aromatic rings. The molecule has 3 rings (SSSR count). The van der Waals surface area contributed by atoms with E-state index in [1.807, 2.05) is 24.3 Å². The van der Waals surface area contributed by atoms with Crippen molar-refractivity contribution >= 4 is 33.7 Å². The third-order valence-electron chi connectivity index (χ3n) is 3.30. The molecule has 1 heterocycles. The van der Waals surface area contributed by atoms with Gasteiger partial charge in [0.15, 0.2) is 0 Å². The molecule has 0 spiro atoms. The summed E-state index contributed by atoms with van der Waals surface area (Å²) in [6.45, 7) is 0. The molecule has 0 fully saturated rings. The number of nitrogen functional groups attached to an aromatic ring is 1. The van der Waals surface area contributed by atoms with Crippen molar-refractivity contribution in [2.45, 2.75) is 0 Å².